The quantitative estimate of drug-likeness (QED) is 0.486. The van der Waals surface area contributed by atoms with Crippen molar-refractivity contribution in [1.29, 1.82) is 0 Å². The summed E-state index contributed by atoms with van der Waals surface area (Å²) in [5.41, 5.74) is 1.29. The lowest BCUT2D eigenvalue weighted by Crippen LogP contribution is -2.29. The summed E-state index contributed by atoms with van der Waals surface area (Å²) in [4.78, 5) is 33.9. The Morgan fingerprint density at radius 3 is 2.43 bits per heavy atom. The highest BCUT2D eigenvalue weighted by Crippen LogP contribution is 2.20. The number of halogens is 1. The number of nitrogens with one attached hydrogen (secondary N) is 2. The number of carbonyl (C=O) groups excluding carboxylic acids is 2. The fourth-order valence-corrected chi connectivity index (χ4v) is 2.31. The normalized spacial score (nSPS) is 10.0. The number of amides is 2. The average molecular weight is 378 g/mol. The molecule has 0 unspecified atom stereocenters. The highest BCUT2D eigenvalue weighted by Gasteiger charge is 2.16. The minimum atomic E-state index is -0.909. The van der Waals surface area contributed by atoms with Crippen LogP contribution in [0.25, 0.3) is 0 Å². The largest absolute Gasteiger partial charge is 0.318 e. The Kier molecular flexibility index (Phi) is 5.07. The lowest BCUT2D eigenvalue weighted by atomic mass is 10.2. The zero-order chi connectivity index (χ0) is 17.0. The van der Waals surface area contributed by atoms with Gasteiger partial charge in [-0.1, -0.05) is 22.0 Å². The summed E-state index contributed by atoms with van der Waals surface area (Å²) >= 11 is 3.31. The first-order valence-electron chi connectivity index (χ1n) is 6.50. The van der Waals surface area contributed by atoms with E-state index in [0.717, 1.165) is 10.0 Å². The Morgan fingerprint density at radius 1 is 1.09 bits per heavy atom. The van der Waals surface area contributed by atoms with Crippen LogP contribution in [-0.2, 0) is 9.59 Å². The van der Waals surface area contributed by atoms with Crippen LogP contribution < -0.4 is 10.6 Å². The first-order valence-corrected chi connectivity index (χ1v) is 7.29. The van der Waals surface area contributed by atoms with E-state index in [4.69, 9.17) is 0 Å². The van der Waals surface area contributed by atoms with E-state index in [2.05, 4.69) is 26.6 Å². The number of benzene rings is 2. The van der Waals surface area contributed by atoms with Crippen molar-refractivity contribution in [2.75, 3.05) is 10.6 Å². The summed E-state index contributed by atoms with van der Waals surface area (Å²) in [5, 5.41) is 15.5. The van der Waals surface area contributed by atoms with Gasteiger partial charge in [-0.25, -0.2) is 0 Å². The Balaban J connectivity index is 2.07. The molecule has 0 spiro atoms. The van der Waals surface area contributed by atoms with Crippen molar-refractivity contribution in [2.24, 2.45) is 0 Å². The molecule has 0 heterocycles. The minimum Gasteiger partial charge on any atom is -0.318 e. The van der Waals surface area contributed by atoms with Gasteiger partial charge < -0.3 is 10.6 Å². The van der Waals surface area contributed by atoms with Gasteiger partial charge in [0.05, 0.1) is 4.92 Å². The van der Waals surface area contributed by atoms with Crippen molar-refractivity contribution >= 4 is 44.8 Å². The monoisotopic (exact) mass is 377 g/mol. The number of aryl methyl sites for hydroxylation is 1. The van der Waals surface area contributed by atoms with E-state index in [0.29, 0.717) is 5.69 Å². The number of nitro benzene ring substituents is 1. The maximum Gasteiger partial charge on any atom is 0.314 e. The van der Waals surface area contributed by atoms with Crippen LogP contribution in [0.5, 0.6) is 0 Å². The topological polar surface area (TPSA) is 101 Å². The van der Waals surface area contributed by atoms with Crippen LogP contribution in [0.3, 0.4) is 0 Å². The molecule has 2 aromatic rings. The Labute approximate surface area is 140 Å². The summed E-state index contributed by atoms with van der Waals surface area (Å²) in [6.07, 6.45) is 0. The number of anilines is 2. The molecule has 0 aliphatic carbocycles. The molecule has 23 heavy (non-hydrogen) atoms. The smallest absolute Gasteiger partial charge is 0.314 e. The van der Waals surface area contributed by atoms with Crippen molar-refractivity contribution in [2.45, 2.75) is 6.92 Å². The van der Waals surface area contributed by atoms with E-state index < -0.39 is 16.7 Å². The van der Waals surface area contributed by atoms with Crippen LogP contribution in [0.4, 0.5) is 17.1 Å². The highest BCUT2D eigenvalue weighted by atomic mass is 79.9. The maximum atomic E-state index is 11.9. The predicted octanol–water partition coefficient (Wildman–Crippen LogP) is 3.24. The van der Waals surface area contributed by atoms with Crippen LogP contribution in [0, 0.1) is 17.0 Å². The van der Waals surface area contributed by atoms with Gasteiger partial charge in [0.1, 0.15) is 0 Å². The highest BCUT2D eigenvalue weighted by molar-refractivity contribution is 9.10. The number of rotatable bonds is 3. The van der Waals surface area contributed by atoms with Crippen LogP contribution in [0.15, 0.2) is 46.9 Å². The third-order valence-corrected chi connectivity index (χ3v) is 3.45. The molecule has 0 bridgehead atoms. The Hall–Kier alpha value is -2.74. The summed E-state index contributed by atoms with van der Waals surface area (Å²) in [5.74, 6) is -1.77. The fraction of sp³-hybridized carbons (Fsp3) is 0.0667. The average Bonchev–Trinajstić information content (AvgIpc) is 2.50. The summed E-state index contributed by atoms with van der Waals surface area (Å²) < 4.78 is 0.856. The van der Waals surface area contributed by atoms with Gasteiger partial charge >= 0.3 is 11.8 Å². The van der Waals surface area contributed by atoms with Crippen molar-refractivity contribution in [1.82, 2.24) is 0 Å². The van der Waals surface area contributed by atoms with Crippen LogP contribution in [-0.4, -0.2) is 16.7 Å². The zero-order valence-electron chi connectivity index (χ0n) is 12.0. The van der Waals surface area contributed by atoms with E-state index in [-0.39, 0.29) is 11.4 Å². The SMILES string of the molecule is Cc1cc(Br)ccc1NC(=O)C(=O)Nc1cccc([N+](=O)[O-])c1. The third kappa shape index (κ3) is 4.36. The molecule has 0 atom stereocenters. The molecule has 0 fully saturated rings. The molecular weight excluding hydrogens is 366 g/mol. The molecule has 2 N–H and O–H groups in total. The molecular formula is C15H12BrN3O4. The molecule has 2 aromatic carbocycles. The first-order chi connectivity index (χ1) is 10.9. The molecule has 7 nitrogen and oxygen atoms in total. The fourth-order valence-electron chi connectivity index (χ4n) is 1.83. The van der Waals surface area contributed by atoms with Crippen molar-refractivity contribution in [3.63, 3.8) is 0 Å². The molecule has 0 saturated heterocycles. The van der Waals surface area contributed by atoms with Gasteiger partial charge in [-0.05, 0) is 36.8 Å². The molecule has 0 aliphatic rings. The van der Waals surface area contributed by atoms with E-state index in [9.17, 15) is 19.7 Å². The molecule has 2 rings (SSSR count). The second-order valence-corrected chi connectivity index (χ2v) is 5.59. The van der Waals surface area contributed by atoms with Gasteiger partial charge in [-0.2, -0.15) is 0 Å². The number of hydrogen-bond donors (Lipinski definition) is 2. The van der Waals surface area contributed by atoms with Crippen LogP contribution in [0.1, 0.15) is 5.56 Å². The van der Waals surface area contributed by atoms with E-state index >= 15 is 0 Å². The summed E-state index contributed by atoms with van der Waals surface area (Å²) in [6.45, 7) is 1.79. The van der Waals surface area contributed by atoms with Crippen LogP contribution >= 0.6 is 15.9 Å². The number of nitrogens with zero attached hydrogens (tertiary/aromatic N) is 1. The summed E-state index contributed by atoms with van der Waals surface area (Å²) in [6, 6.07) is 10.6. The van der Waals surface area contributed by atoms with E-state index in [1.165, 1.54) is 24.3 Å². The van der Waals surface area contributed by atoms with Crippen molar-refractivity contribution in [3.8, 4) is 0 Å². The van der Waals surface area contributed by atoms with Crippen molar-refractivity contribution < 1.29 is 14.5 Å². The predicted molar refractivity (Wildman–Crippen MR) is 89.2 cm³/mol. The van der Waals surface area contributed by atoms with E-state index in [1.807, 2.05) is 0 Å². The van der Waals surface area contributed by atoms with E-state index in [1.54, 1.807) is 25.1 Å². The van der Waals surface area contributed by atoms with Gasteiger partial charge in [-0.15, -0.1) is 0 Å². The van der Waals surface area contributed by atoms with Gasteiger partial charge in [-0.3, -0.25) is 19.7 Å². The molecule has 118 valence electrons. The molecule has 0 radical (unpaired) electrons. The number of hydrogen-bond acceptors (Lipinski definition) is 4. The molecule has 0 aromatic heterocycles. The van der Waals surface area contributed by atoms with Gasteiger partial charge in [0.15, 0.2) is 0 Å². The standard InChI is InChI=1S/C15H12BrN3O4/c1-9-7-10(16)5-6-13(9)18-15(21)14(20)17-11-3-2-4-12(8-11)19(22)23/h2-8H,1H3,(H,17,20)(H,18,21). The maximum absolute atomic E-state index is 11.9. The Bertz CT molecular complexity index is 792. The number of nitro groups is 1. The summed E-state index contributed by atoms with van der Waals surface area (Å²) in [7, 11) is 0. The van der Waals surface area contributed by atoms with Crippen LogP contribution in [0.2, 0.25) is 0 Å². The molecule has 2 amide bonds. The van der Waals surface area contributed by atoms with Gasteiger partial charge in [0.2, 0.25) is 0 Å². The molecule has 0 aliphatic heterocycles. The van der Waals surface area contributed by atoms with Gasteiger partial charge in [0.25, 0.3) is 5.69 Å². The third-order valence-electron chi connectivity index (χ3n) is 2.96. The molecule has 0 saturated carbocycles. The first kappa shape index (κ1) is 16.6. The second kappa shape index (κ2) is 7.01. The minimum absolute atomic E-state index is 0.173. The van der Waals surface area contributed by atoms with Crippen molar-refractivity contribution in [3.05, 3.63) is 62.6 Å². The Morgan fingerprint density at radius 2 is 1.78 bits per heavy atom. The second-order valence-electron chi connectivity index (χ2n) is 4.67. The lowest BCUT2D eigenvalue weighted by Gasteiger charge is -2.09. The number of carbonyl (C=O) groups is 2. The van der Waals surface area contributed by atoms with Gasteiger partial charge in [0, 0.05) is 28.0 Å². The molecule has 8 heteroatoms. The lowest BCUT2D eigenvalue weighted by molar-refractivity contribution is -0.384. The number of non-ortho nitro benzene ring substituents is 1. The zero-order valence-corrected chi connectivity index (χ0v) is 13.6.